The minimum absolute atomic E-state index is 0.209. The fraction of sp³-hybridized carbons (Fsp3) is 0.500. The van der Waals surface area contributed by atoms with Gasteiger partial charge in [0.1, 0.15) is 6.54 Å². The van der Waals surface area contributed by atoms with Crippen LogP contribution in [-0.2, 0) is 11.2 Å². The maximum absolute atomic E-state index is 12.3. The number of hydrogen-bond donors (Lipinski definition) is 2. The quantitative estimate of drug-likeness (QED) is 0.810. The summed E-state index contributed by atoms with van der Waals surface area (Å²) >= 11 is 0. The number of aryl methyl sites for hydroxylation is 1. The molecular weight excluding hydrogens is 268 g/mol. The molecule has 0 aliphatic carbocycles. The molecule has 2 amide bonds. The number of carboxylic acid groups (broad SMARTS) is 1. The minimum atomic E-state index is -1.01. The van der Waals surface area contributed by atoms with E-state index in [1.165, 1.54) is 4.90 Å². The standard InChI is InChI=1S/C16H24N2O3/c1-4-7-13-8-5-6-9-14(13)17-16(21)18(10-12(2)3)11-15(19)20/h5-6,8-9,12H,4,7,10-11H2,1-3H3,(H,17,21)(H,19,20). The van der Waals surface area contributed by atoms with Gasteiger partial charge in [0.05, 0.1) is 0 Å². The first-order chi connectivity index (χ1) is 9.93. The Balaban J connectivity index is 2.83. The van der Waals surface area contributed by atoms with E-state index in [0.29, 0.717) is 6.54 Å². The van der Waals surface area contributed by atoms with Crippen molar-refractivity contribution in [1.82, 2.24) is 4.90 Å². The molecule has 0 spiro atoms. The molecule has 0 atom stereocenters. The van der Waals surface area contributed by atoms with Gasteiger partial charge in [-0.3, -0.25) is 4.79 Å². The molecule has 1 rings (SSSR count). The SMILES string of the molecule is CCCc1ccccc1NC(=O)N(CC(=O)O)CC(C)C. The van der Waals surface area contributed by atoms with Gasteiger partial charge in [0.25, 0.3) is 0 Å². The molecule has 1 aromatic carbocycles. The molecule has 0 radical (unpaired) electrons. The fourth-order valence-electron chi connectivity index (χ4n) is 2.15. The van der Waals surface area contributed by atoms with Crippen LogP contribution in [0.1, 0.15) is 32.8 Å². The maximum atomic E-state index is 12.3. The van der Waals surface area contributed by atoms with Gasteiger partial charge in [-0.25, -0.2) is 4.79 Å². The number of benzene rings is 1. The molecule has 0 bridgehead atoms. The Bertz CT molecular complexity index is 486. The molecule has 5 nitrogen and oxygen atoms in total. The lowest BCUT2D eigenvalue weighted by Gasteiger charge is -2.23. The van der Waals surface area contributed by atoms with Crippen LogP contribution in [0.25, 0.3) is 0 Å². The molecule has 0 aliphatic heterocycles. The van der Waals surface area contributed by atoms with Crippen molar-refractivity contribution in [2.75, 3.05) is 18.4 Å². The van der Waals surface area contributed by atoms with Crippen molar-refractivity contribution < 1.29 is 14.7 Å². The lowest BCUT2D eigenvalue weighted by molar-refractivity contribution is -0.137. The van der Waals surface area contributed by atoms with E-state index in [1.54, 1.807) is 0 Å². The van der Waals surface area contributed by atoms with Gasteiger partial charge in [-0.05, 0) is 24.0 Å². The summed E-state index contributed by atoms with van der Waals surface area (Å²) in [5.41, 5.74) is 1.82. The highest BCUT2D eigenvalue weighted by atomic mass is 16.4. The molecule has 5 heteroatoms. The van der Waals surface area contributed by atoms with Gasteiger partial charge in [0.15, 0.2) is 0 Å². The van der Waals surface area contributed by atoms with Crippen molar-refractivity contribution >= 4 is 17.7 Å². The number of aliphatic carboxylic acids is 1. The third-order valence-corrected chi connectivity index (χ3v) is 2.98. The number of para-hydroxylation sites is 1. The number of hydrogen-bond acceptors (Lipinski definition) is 2. The molecule has 0 aliphatic rings. The zero-order valence-electron chi connectivity index (χ0n) is 12.9. The van der Waals surface area contributed by atoms with Crippen LogP contribution in [0.2, 0.25) is 0 Å². The molecular formula is C16H24N2O3. The van der Waals surface area contributed by atoms with Gasteiger partial charge >= 0.3 is 12.0 Å². The van der Waals surface area contributed by atoms with Crippen molar-refractivity contribution in [1.29, 1.82) is 0 Å². The second kappa shape index (κ2) is 8.29. The highest BCUT2D eigenvalue weighted by Crippen LogP contribution is 2.17. The lowest BCUT2D eigenvalue weighted by atomic mass is 10.1. The molecule has 21 heavy (non-hydrogen) atoms. The normalized spacial score (nSPS) is 10.5. The van der Waals surface area contributed by atoms with Crippen LogP contribution in [-0.4, -0.2) is 35.1 Å². The Morgan fingerprint density at radius 2 is 1.95 bits per heavy atom. The minimum Gasteiger partial charge on any atom is -0.480 e. The highest BCUT2D eigenvalue weighted by Gasteiger charge is 2.18. The van der Waals surface area contributed by atoms with E-state index >= 15 is 0 Å². The van der Waals surface area contributed by atoms with Crippen molar-refractivity contribution in [2.24, 2.45) is 5.92 Å². The summed E-state index contributed by atoms with van der Waals surface area (Å²) in [4.78, 5) is 24.5. The van der Waals surface area contributed by atoms with E-state index in [1.807, 2.05) is 38.1 Å². The fourth-order valence-corrected chi connectivity index (χ4v) is 2.15. The van der Waals surface area contributed by atoms with Crippen LogP contribution >= 0.6 is 0 Å². The molecule has 2 N–H and O–H groups in total. The zero-order chi connectivity index (χ0) is 15.8. The van der Waals surface area contributed by atoms with Gasteiger partial charge in [-0.15, -0.1) is 0 Å². The zero-order valence-corrected chi connectivity index (χ0v) is 12.9. The van der Waals surface area contributed by atoms with E-state index < -0.39 is 5.97 Å². The van der Waals surface area contributed by atoms with Crippen molar-refractivity contribution in [2.45, 2.75) is 33.6 Å². The first-order valence-electron chi connectivity index (χ1n) is 7.29. The number of carbonyl (C=O) groups excluding carboxylic acids is 1. The van der Waals surface area contributed by atoms with Crippen LogP contribution in [0.3, 0.4) is 0 Å². The van der Waals surface area contributed by atoms with Crippen LogP contribution in [0.15, 0.2) is 24.3 Å². The van der Waals surface area contributed by atoms with E-state index in [4.69, 9.17) is 5.11 Å². The molecule has 116 valence electrons. The number of nitrogens with one attached hydrogen (secondary N) is 1. The Morgan fingerprint density at radius 3 is 2.52 bits per heavy atom. The summed E-state index contributed by atoms with van der Waals surface area (Å²) in [7, 11) is 0. The number of carboxylic acids is 1. The predicted molar refractivity (Wildman–Crippen MR) is 83.5 cm³/mol. The Hall–Kier alpha value is -2.04. The average Bonchev–Trinajstić information content (AvgIpc) is 2.39. The number of rotatable bonds is 7. The number of carbonyl (C=O) groups is 2. The van der Waals surface area contributed by atoms with Crippen LogP contribution in [0.4, 0.5) is 10.5 Å². The largest absolute Gasteiger partial charge is 0.480 e. The molecule has 1 aromatic rings. The smallest absolute Gasteiger partial charge is 0.323 e. The summed E-state index contributed by atoms with van der Waals surface area (Å²) in [5.74, 6) is -0.798. The lowest BCUT2D eigenvalue weighted by Crippen LogP contribution is -2.41. The maximum Gasteiger partial charge on any atom is 0.323 e. The number of urea groups is 1. The van der Waals surface area contributed by atoms with Gasteiger partial charge < -0.3 is 15.3 Å². The number of anilines is 1. The second-order valence-electron chi connectivity index (χ2n) is 5.51. The Labute approximate surface area is 126 Å². The van der Waals surface area contributed by atoms with Gasteiger partial charge in [0, 0.05) is 12.2 Å². The number of amides is 2. The van der Waals surface area contributed by atoms with Crippen LogP contribution in [0.5, 0.6) is 0 Å². The third-order valence-electron chi connectivity index (χ3n) is 2.98. The van der Waals surface area contributed by atoms with E-state index in [0.717, 1.165) is 24.1 Å². The van der Waals surface area contributed by atoms with E-state index in [9.17, 15) is 9.59 Å². The summed E-state index contributed by atoms with van der Waals surface area (Å²) in [6.45, 7) is 6.10. The molecule has 0 unspecified atom stereocenters. The van der Waals surface area contributed by atoms with Crippen molar-refractivity contribution in [3.05, 3.63) is 29.8 Å². The molecule has 0 aromatic heterocycles. The topological polar surface area (TPSA) is 69.6 Å². The summed E-state index contributed by atoms with van der Waals surface area (Å²) < 4.78 is 0. The first kappa shape index (κ1) is 17.0. The molecule has 0 saturated heterocycles. The average molecular weight is 292 g/mol. The summed E-state index contributed by atoms with van der Waals surface area (Å²) in [5, 5.41) is 11.8. The van der Waals surface area contributed by atoms with Crippen LogP contribution < -0.4 is 5.32 Å². The monoisotopic (exact) mass is 292 g/mol. The Kier molecular flexibility index (Phi) is 6.72. The third kappa shape index (κ3) is 5.85. The highest BCUT2D eigenvalue weighted by molar-refractivity contribution is 5.92. The van der Waals surface area contributed by atoms with Gasteiger partial charge in [-0.1, -0.05) is 45.4 Å². The first-order valence-corrected chi connectivity index (χ1v) is 7.29. The van der Waals surface area contributed by atoms with E-state index in [-0.39, 0.29) is 18.5 Å². The van der Waals surface area contributed by atoms with Crippen molar-refractivity contribution in [3.8, 4) is 0 Å². The Morgan fingerprint density at radius 1 is 1.29 bits per heavy atom. The number of nitrogens with zero attached hydrogens (tertiary/aromatic N) is 1. The van der Waals surface area contributed by atoms with Crippen molar-refractivity contribution in [3.63, 3.8) is 0 Å². The second-order valence-corrected chi connectivity index (χ2v) is 5.51. The molecule has 0 saturated carbocycles. The van der Waals surface area contributed by atoms with Crippen LogP contribution in [0, 0.1) is 5.92 Å². The molecule has 0 heterocycles. The van der Waals surface area contributed by atoms with E-state index in [2.05, 4.69) is 12.2 Å². The predicted octanol–water partition coefficient (Wildman–Crippen LogP) is 3.21. The van der Waals surface area contributed by atoms with Gasteiger partial charge in [0.2, 0.25) is 0 Å². The summed E-state index contributed by atoms with van der Waals surface area (Å²) in [6.07, 6.45) is 1.86. The molecule has 0 fully saturated rings. The summed E-state index contributed by atoms with van der Waals surface area (Å²) in [6, 6.07) is 7.25. The van der Waals surface area contributed by atoms with Gasteiger partial charge in [-0.2, -0.15) is 0 Å².